The van der Waals surface area contributed by atoms with Crippen molar-refractivity contribution in [2.45, 2.75) is 39.2 Å². The Hall–Kier alpha value is -4.43. The van der Waals surface area contributed by atoms with Crippen molar-refractivity contribution >= 4 is 35.1 Å². The minimum absolute atomic E-state index is 0.0285. The van der Waals surface area contributed by atoms with Crippen LogP contribution in [0.15, 0.2) is 65.2 Å². The van der Waals surface area contributed by atoms with E-state index in [1.165, 1.54) is 0 Å². The summed E-state index contributed by atoms with van der Waals surface area (Å²) in [4.78, 5) is 36.9. The van der Waals surface area contributed by atoms with Gasteiger partial charge in [-0.25, -0.2) is 4.79 Å². The van der Waals surface area contributed by atoms with E-state index in [2.05, 4.69) is 10.5 Å². The lowest BCUT2D eigenvalue weighted by Gasteiger charge is -2.16. The second kappa shape index (κ2) is 10.7. The van der Waals surface area contributed by atoms with Crippen molar-refractivity contribution in [1.82, 2.24) is 5.16 Å². The summed E-state index contributed by atoms with van der Waals surface area (Å²) in [6.45, 7) is 3.41. The van der Waals surface area contributed by atoms with Crippen LogP contribution in [-0.4, -0.2) is 28.1 Å². The molecule has 1 atom stereocenters. The molecular formula is C30H25ClN2O6. The number of hydrogen-bond donors (Lipinski definition) is 2. The van der Waals surface area contributed by atoms with Crippen molar-refractivity contribution < 1.29 is 28.8 Å². The van der Waals surface area contributed by atoms with Gasteiger partial charge in [-0.3, -0.25) is 14.9 Å². The van der Waals surface area contributed by atoms with Gasteiger partial charge in [-0.05, 0) is 54.7 Å². The van der Waals surface area contributed by atoms with Gasteiger partial charge in [-0.2, -0.15) is 0 Å². The average molecular weight is 545 g/mol. The van der Waals surface area contributed by atoms with Gasteiger partial charge >= 0.3 is 12.1 Å². The molecule has 1 aliphatic rings. The summed E-state index contributed by atoms with van der Waals surface area (Å²) < 4.78 is 11.2. The molecule has 0 bridgehead atoms. The maximum Gasteiger partial charge on any atom is 0.412 e. The second-order valence-electron chi connectivity index (χ2n) is 9.37. The summed E-state index contributed by atoms with van der Waals surface area (Å²) in [6.07, 6.45) is -0.466. The Morgan fingerprint density at radius 1 is 1.08 bits per heavy atom. The lowest BCUT2D eigenvalue weighted by Crippen LogP contribution is -2.17. The number of aliphatic carboxylic acids is 1. The number of carbonyl (C=O) groups is 3. The number of nitrogens with one attached hydrogen (secondary N) is 1. The van der Waals surface area contributed by atoms with Crippen molar-refractivity contribution in [2.24, 2.45) is 0 Å². The number of nitrogens with zero attached hydrogens (tertiary/aromatic N) is 1. The molecule has 1 heterocycles. The molecule has 5 rings (SSSR count). The molecule has 1 aromatic heterocycles. The standard InChI is InChI=1S/C30H25ClN2O6/c1-16-28(32-30(37)38-17(2)20-5-3-4-6-24(20)31)29(39-33-16)23-12-11-21(22-13-14-25(34)27(22)23)19-9-7-18(8-10-19)15-26(35)36/h3-12,17H,13-15H2,1-2H3,(H,32,37)(H,35,36). The molecule has 0 radical (unpaired) electrons. The van der Waals surface area contributed by atoms with Gasteiger partial charge in [0.1, 0.15) is 17.5 Å². The van der Waals surface area contributed by atoms with E-state index in [1.807, 2.05) is 24.3 Å². The topological polar surface area (TPSA) is 119 Å². The Morgan fingerprint density at radius 3 is 2.51 bits per heavy atom. The molecule has 0 fully saturated rings. The molecule has 2 N–H and O–H groups in total. The Labute approximate surface area is 229 Å². The summed E-state index contributed by atoms with van der Waals surface area (Å²) in [7, 11) is 0. The minimum Gasteiger partial charge on any atom is -0.481 e. The summed E-state index contributed by atoms with van der Waals surface area (Å²) in [6, 6.07) is 18.1. The number of Topliss-reactive ketones (excluding diaryl/α,β-unsaturated/α-hetero) is 1. The van der Waals surface area contributed by atoms with Gasteiger partial charge in [-0.15, -0.1) is 0 Å². The molecule has 0 spiro atoms. The predicted octanol–water partition coefficient (Wildman–Crippen LogP) is 7.04. The van der Waals surface area contributed by atoms with E-state index in [0.29, 0.717) is 51.5 Å². The minimum atomic E-state index is -0.896. The smallest absolute Gasteiger partial charge is 0.412 e. The number of amides is 1. The van der Waals surface area contributed by atoms with E-state index in [4.69, 9.17) is 26.0 Å². The van der Waals surface area contributed by atoms with Crippen molar-refractivity contribution in [3.05, 3.63) is 93.6 Å². The third kappa shape index (κ3) is 5.28. The Balaban J connectivity index is 1.45. The number of hydrogen-bond acceptors (Lipinski definition) is 6. The number of benzene rings is 3. The summed E-state index contributed by atoms with van der Waals surface area (Å²) >= 11 is 6.24. The zero-order valence-corrected chi connectivity index (χ0v) is 22.0. The highest BCUT2D eigenvalue weighted by Crippen LogP contribution is 2.42. The third-order valence-corrected chi connectivity index (χ3v) is 7.12. The van der Waals surface area contributed by atoms with Crippen LogP contribution in [0.25, 0.3) is 22.5 Å². The normalized spacial score (nSPS) is 13.2. The highest BCUT2D eigenvalue weighted by molar-refractivity contribution is 6.31. The number of anilines is 1. The van der Waals surface area contributed by atoms with Crippen LogP contribution in [0.4, 0.5) is 10.5 Å². The summed E-state index contributed by atoms with van der Waals surface area (Å²) in [5.41, 5.74) is 5.83. The summed E-state index contributed by atoms with van der Waals surface area (Å²) in [5.74, 6) is -0.656. The molecule has 9 heteroatoms. The fourth-order valence-corrected chi connectivity index (χ4v) is 5.18. The van der Waals surface area contributed by atoms with Gasteiger partial charge in [0, 0.05) is 28.1 Å². The van der Waals surface area contributed by atoms with Gasteiger partial charge < -0.3 is 14.4 Å². The predicted molar refractivity (Wildman–Crippen MR) is 146 cm³/mol. The number of carboxylic acid groups (broad SMARTS) is 1. The van der Waals surface area contributed by atoms with Crippen molar-refractivity contribution in [3.8, 4) is 22.5 Å². The zero-order valence-electron chi connectivity index (χ0n) is 21.3. The van der Waals surface area contributed by atoms with Crippen LogP contribution in [0.2, 0.25) is 5.02 Å². The fourth-order valence-electron chi connectivity index (χ4n) is 4.89. The second-order valence-corrected chi connectivity index (χ2v) is 9.78. The van der Waals surface area contributed by atoms with Gasteiger partial charge in [0.05, 0.1) is 6.42 Å². The van der Waals surface area contributed by atoms with E-state index in [9.17, 15) is 14.4 Å². The molecule has 1 aliphatic carbocycles. The van der Waals surface area contributed by atoms with Crippen molar-refractivity contribution in [3.63, 3.8) is 0 Å². The number of halogens is 1. The van der Waals surface area contributed by atoms with E-state index < -0.39 is 18.2 Å². The van der Waals surface area contributed by atoms with Crippen LogP contribution in [0.5, 0.6) is 0 Å². The Morgan fingerprint density at radius 2 is 1.79 bits per heavy atom. The highest BCUT2D eigenvalue weighted by atomic mass is 35.5. The summed E-state index contributed by atoms with van der Waals surface area (Å²) in [5, 5.41) is 16.3. The Bertz CT molecular complexity index is 1590. The van der Waals surface area contributed by atoms with Gasteiger partial charge in [0.2, 0.25) is 0 Å². The molecule has 1 amide bonds. The van der Waals surface area contributed by atoms with Crippen molar-refractivity contribution in [1.29, 1.82) is 0 Å². The molecule has 4 aromatic rings. The van der Waals surface area contributed by atoms with Crippen LogP contribution in [-0.2, 0) is 22.4 Å². The Kier molecular flexibility index (Phi) is 7.21. The third-order valence-electron chi connectivity index (χ3n) is 6.78. The molecule has 0 aliphatic heterocycles. The van der Waals surface area contributed by atoms with E-state index in [-0.39, 0.29) is 18.0 Å². The number of fused-ring (bicyclic) bond motifs is 1. The maximum absolute atomic E-state index is 13.0. The monoisotopic (exact) mass is 544 g/mol. The fraction of sp³-hybridized carbons (Fsp3) is 0.200. The van der Waals surface area contributed by atoms with Crippen LogP contribution in [0, 0.1) is 6.92 Å². The van der Waals surface area contributed by atoms with Crippen LogP contribution < -0.4 is 5.32 Å². The van der Waals surface area contributed by atoms with E-state index in [0.717, 1.165) is 16.7 Å². The first-order chi connectivity index (χ1) is 18.7. The van der Waals surface area contributed by atoms with E-state index >= 15 is 0 Å². The lowest BCUT2D eigenvalue weighted by atomic mass is 9.91. The first-order valence-electron chi connectivity index (χ1n) is 12.4. The number of aryl methyl sites for hydroxylation is 1. The maximum atomic E-state index is 13.0. The zero-order chi connectivity index (χ0) is 27.7. The van der Waals surface area contributed by atoms with Gasteiger partial charge in [-0.1, -0.05) is 65.3 Å². The van der Waals surface area contributed by atoms with Crippen LogP contribution in [0.3, 0.4) is 0 Å². The molecule has 198 valence electrons. The van der Waals surface area contributed by atoms with Crippen molar-refractivity contribution in [2.75, 3.05) is 5.32 Å². The molecule has 1 unspecified atom stereocenters. The first-order valence-corrected chi connectivity index (χ1v) is 12.8. The number of carboxylic acids is 1. The number of aromatic nitrogens is 1. The molecule has 39 heavy (non-hydrogen) atoms. The van der Waals surface area contributed by atoms with Gasteiger partial charge in [0.15, 0.2) is 11.5 Å². The number of carbonyl (C=O) groups excluding carboxylic acids is 2. The van der Waals surface area contributed by atoms with Crippen LogP contribution >= 0.6 is 11.6 Å². The lowest BCUT2D eigenvalue weighted by molar-refractivity contribution is -0.136. The molecule has 0 saturated heterocycles. The average Bonchev–Trinajstić information content (AvgIpc) is 3.46. The number of rotatable bonds is 7. The highest BCUT2D eigenvalue weighted by Gasteiger charge is 2.30. The van der Waals surface area contributed by atoms with E-state index in [1.54, 1.807) is 50.2 Å². The van der Waals surface area contributed by atoms with Crippen LogP contribution in [0.1, 0.15) is 52.2 Å². The number of ketones is 1. The number of ether oxygens (including phenoxy) is 1. The molecule has 0 saturated carbocycles. The molecular weight excluding hydrogens is 520 g/mol. The largest absolute Gasteiger partial charge is 0.481 e. The molecule has 3 aromatic carbocycles. The quantitative estimate of drug-likeness (QED) is 0.256. The van der Waals surface area contributed by atoms with Gasteiger partial charge in [0.25, 0.3) is 0 Å². The molecule has 8 nitrogen and oxygen atoms in total. The SMILES string of the molecule is Cc1noc(-c2ccc(-c3ccc(CC(=O)O)cc3)c3c2C(=O)CC3)c1NC(=O)OC(C)c1ccccc1Cl. The first kappa shape index (κ1) is 26.2.